The molecule has 26 heavy (non-hydrogen) atoms. The maximum atomic E-state index is 5.42. The molecule has 1 aliphatic heterocycles. The summed E-state index contributed by atoms with van der Waals surface area (Å²) in [6.07, 6.45) is 0.856. The van der Waals surface area contributed by atoms with Gasteiger partial charge in [-0.05, 0) is 51.0 Å². The van der Waals surface area contributed by atoms with Crippen LogP contribution in [0.5, 0.6) is 11.5 Å². The van der Waals surface area contributed by atoms with E-state index in [1.165, 1.54) is 5.56 Å². The van der Waals surface area contributed by atoms with Gasteiger partial charge in [0.2, 0.25) is 6.79 Å². The van der Waals surface area contributed by atoms with E-state index in [0.29, 0.717) is 12.7 Å². The van der Waals surface area contributed by atoms with Crippen molar-refractivity contribution in [1.82, 2.24) is 19.7 Å². The fraction of sp³-hybridized carbons (Fsp3) is 0.316. The van der Waals surface area contributed by atoms with Crippen molar-refractivity contribution in [3.8, 4) is 17.4 Å². The largest absolute Gasteiger partial charge is 0.454 e. The molecule has 7 heteroatoms. The highest BCUT2D eigenvalue weighted by atomic mass is 16.7. The Kier molecular flexibility index (Phi) is 4.20. The highest BCUT2D eigenvalue weighted by molar-refractivity contribution is 5.45. The van der Waals surface area contributed by atoms with Gasteiger partial charge in [-0.25, -0.2) is 9.67 Å². The molecular weight excluding hydrogens is 330 g/mol. The molecule has 1 aliphatic rings. The fourth-order valence-corrected chi connectivity index (χ4v) is 3.00. The van der Waals surface area contributed by atoms with E-state index in [9.17, 15) is 0 Å². The summed E-state index contributed by atoms with van der Waals surface area (Å²) < 4.78 is 12.5. The van der Waals surface area contributed by atoms with Gasteiger partial charge in [0, 0.05) is 24.0 Å². The number of aromatic nitrogens is 4. The SMILES string of the molecule is Cc1cc(NCCc2ccc3c(c2)OCO3)nc(-n2nc(C)cc2C)n1. The lowest BCUT2D eigenvalue weighted by atomic mass is 10.1. The van der Waals surface area contributed by atoms with E-state index in [1.54, 1.807) is 4.68 Å². The molecule has 2 aromatic heterocycles. The summed E-state index contributed by atoms with van der Waals surface area (Å²) in [4.78, 5) is 9.10. The summed E-state index contributed by atoms with van der Waals surface area (Å²) in [5, 5.41) is 7.84. The second-order valence-corrected chi connectivity index (χ2v) is 6.40. The Morgan fingerprint density at radius 3 is 2.65 bits per heavy atom. The molecule has 1 aromatic carbocycles. The van der Waals surface area contributed by atoms with E-state index in [2.05, 4.69) is 26.4 Å². The van der Waals surface area contributed by atoms with E-state index in [1.807, 2.05) is 45.0 Å². The van der Waals surface area contributed by atoms with Gasteiger partial charge in [0.05, 0.1) is 5.69 Å². The van der Waals surface area contributed by atoms with Crippen LogP contribution in [0.4, 0.5) is 5.82 Å². The number of nitrogens with zero attached hydrogens (tertiary/aromatic N) is 4. The second-order valence-electron chi connectivity index (χ2n) is 6.40. The molecule has 7 nitrogen and oxygen atoms in total. The Hall–Kier alpha value is -3.09. The highest BCUT2D eigenvalue weighted by Gasteiger charge is 2.13. The summed E-state index contributed by atoms with van der Waals surface area (Å²) in [5.41, 5.74) is 4.05. The zero-order chi connectivity index (χ0) is 18.1. The number of ether oxygens (including phenoxy) is 2. The van der Waals surface area contributed by atoms with E-state index >= 15 is 0 Å². The van der Waals surface area contributed by atoms with Crippen LogP contribution >= 0.6 is 0 Å². The van der Waals surface area contributed by atoms with Gasteiger partial charge < -0.3 is 14.8 Å². The van der Waals surface area contributed by atoms with Gasteiger partial charge in [0.25, 0.3) is 5.95 Å². The number of aryl methyl sites for hydroxylation is 3. The van der Waals surface area contributed by atoms with Gasteiger partial charge in [0.15, 0.2) is 11.5 Å². The molecule has 0 fully saturated rings. The molecule has 0 bridgehead atoms. The average molecular weight is 351 g/mol. The zero-order valence-corrected chi connectivity index (χ0v) is 15.1. The van der Waals surface area contributed by atoms with Crippen LogP contribution in [0.1, 0.15) is 22.6 Å². The van der Waals surface area contributed by atoms with E-state index in [-0.39, 0.29) is 0 Å². The Morgan fingerprint density at radius 2 is 1.85 bits per heavy atom. The normalized spacial score (nSPS) is 12.4. The standard InChI is InChI=1S/C19H21N5O2/c1-12-9-18(22-19(21-12)24-14(3)8-13(2)23-24)20-7-6-15-4-5-16-17(10-15)26-11-25-16/h4-5,8-10H,6-7,11H2,1-3H3,(H,20,21,22). The predicted octanol–water partition coefficient (Wildman–Crippen LogP) is 2.97. The summed E-state index contributed by atoms with van der Waals surface area (Å²) in [6.45, 7) is 6.97. The zero-order valence-electron chi connectivity index (χ0n) is 15.1. The molecule has 0 atom stereocenters. The minimum Gasteiger partial charge on any atom is -0.454 e. The minimum absolute atomic E-state index is 0.298. The molecular formula is C19H21N5O2. The number of nitrogens with one attached hydrogen (secondary N) is 1. The van der Waals surface area contributed by atoms with Crippen molar-refractivity contribution in [3.63, 3.8) is 0 Å². The van der Waals surface area contributed by atoms with Gasteiger partial charge in [-0.3, -0.25) is 0 Å². The summed E-state index contributed by atoms with van der Waals surface area (Å²) in [5.74, 6) is 3.00. The van der Waals surface area contributed by atoms with E-state index < -0.39 is 0 Å². The van der Waals surface area contributed by atoms with Gasteiger partial charge in [-0.1, -0.05) is 6.07 Å². The quantitative estimate of drug-likeness (QED) is 0.762. The number of anilines is 1. The van der Waals surface area contributed by atoms with Crippen molar-refractivity contribution in [1.29, 1.82) is 0 Å². The van der Waals surface area contributed by atoms with Gasteiger partial charge in [-0.2, -0.15) is 10.1 Å². The fourth-order valence-electron chi connectivity index (χ4n) is 3.00. The van der Waals surface area contributed by atoms with E-state index in [0.717, 1.165) is 47.4 Å². The maximum absolute atomic E-state index is 5.42. The molecule has 134 valence electrons. The van der Waals surface area contributed by atoms with Crippen LogP contribution in [0.25, 0.3) is 5.95 Å². The molecule has 0 aliphatic carbocycles. The molecule has 3 aromatic rings. The first-order valence-electron chi connectivity index (χ1n) is 8.60. The summed E-state index contributed by atoms with van der Waals surface area (Å²) in [6, 6.07) is 9.99. The van der Waals surface area contributed by atoms with Gasteiger partial charge in [0.1, 0.15) is 5.82 Å². The first-order chi connectivity index (χ1) is 12.6. The van der Waals surface area contributed by atoms with Crippen LogP contribution in [-0.4, -0.2) is 33.1 Å². The third-order valence-corrected chi connectivity index (χ3v) is 4.20. The van der Waals surface area contributed by atoms with Crippen molar-refractivity contribution in [2.24, 2.45) is 0 Å². The topological polar surface area (TPSA) is 74.1 Å². The van der Waals surface area contributed by atoms with Crippen LogP contribution < -0.4 is 14.8 Å². The Balaban J connectivity index is 1.46. The number of hydrogen-bond acceptors (Lipinski definition) is 6. The highest BCUT2D eigenvalue weighted by Crippen LogP contribution is 2.32. The van der Waals surface area contributed by atoms with Crippen LogP contribution in [0.3, 0.4) is 0 Å². The Bertz CT molecular complexity index is 951. The molecule has 1 N–H and O–H groups in total. The molecule has 4 rings (SSSR count). The maximum Gasteiger partial charge on any atom is 0.252 e. The number of rotatable bonds is 5. The molecule has 0 amide bonds. The van der Waals surface area contributed by atoms with Gasteiger partial charge >= 0.3 is 0 Å². The number of fused-ring (bicyclic) bond motifs is 1. The molecule has 0 radical (unpaired) electrons. The van der Waals surface area contributed by atoms with Crippen molar-refractivity contribution in [2.45, 2.75) is 27.2 Å². The van der Waals surface area contributed by atoms with Crippen molar-refractivity contribution in [2.75, 3.05) is 18.7 Å². The first-order valence-corrected chi connectivity index (χ1v) is 8.60. The second kappa shape index (κ2) is 6.67. The predicted molar refractivity (Wildman–Crippen MR) is 98.1 cm³/mol. The monoisotopic (exact) mass is 351 g/mol. The van der Waals surface area contributed by atoms with Crippen LogP contribution in [0.2, 0.25) is 0 Å². The summed E-state index contributed by atoms with van der Waals surface area (Å²) >= 11 is 0. The van der Waals surface area contributed by atoms with Crippen molar-refractivity contribution < 1.29 is 9.47 Å². The van der Waals surface area contributed by atoms with Crippen LogP contribution in [0.15, 0.2) is 30.3 Å². The van der Waals surface area contributed by atoms with Gasteiger partial charge in [-0.15, -0.1) is 0 Å². The average Bonchev–Trinajstić information content (AvgIpc) is 3.19. The third-order valence-electron chi connectivity index (χ3n) is 4.20. The van der Waals surface area contributed by atoms with Crippen molar-refractivity contribution in [3.05, 3.63) is 53.0 Å². The minimum atomic E-state index is 0.298. The Morgan fingerprint density at radius 1 is 1.00 bits per heavy atom. The molecule has 0 unspecified atom stereocenters. The molecule has 0 saturated heterocycles. The van der Waals surface area contributed by atoms with E-state index in [4.69, 9.17) is 9.47 Å². The number of hydrogen-bond donors (Lipinski definition) is 1. The molecule has 0 spiro atoms. The summed E-state index contributed by atoms with van der Waals surface area (Å²) in [7, 11) is 0. The lowest BCUT2D eigenvalue weighted by Gasteiger charge is -2.10. The molecule has 3 heterocycles. The molecule has 0 saturated carbocycles. The lowest BCUT2D eigenvalue weighted by molar-refractivity contribution is 0.174. The van der Waals surface area contributed by atoms with Crippen LogP contribution in [0, 0.1) is 20.8 Å². The van der Waals surface area contributed by atoms with Crippen LogP contribution in [-0.2, 0) is 6.42 Å². The first kappa shape index (κ1) is 16.4. The third kappa shape index (κ3) is 3.33. The Labute approximate surface area is 152 Å². The smallest absolute Gasteiger partial charge is 0.252 e. The van der Waals surface area contributed by atoms with Crippen molar-refractivity contribution >= 4 is 5.82 Å². The number of benzene rings is 1. The lowest BCUT2D eigenvalue weighted by Crippen LogP contribution is -2.11.